The topological polar surface area (TPSA) is 56.1 Å². The normalized spacial score (nSPS) is 16.1. The minimum Gasteiger partial charge on any atom is -0.496 e. The van der Waals surface area contributed by atoms with E-state index in [2.05, 4.69) is 10.4 Å². The molecule has 0 spiro atoms. The average Bonchev–Trinajstić information content (AvgIpc) is 3.07. The molecule has 3 aromatic rings. The highest BCUT2D eigenvalue weighted by atomic mass is 35.5. The van der Waals surface area contributed by atoms with Crippen LogP contribution in [0, 0.1) is 6.92 Å². The Kier molecular flexibility index (Phi) is 4.17. The molecule has 1 aliphatic rings. The lowest BCUT2D eigenvalue weighted by Crippen LogP contribution is -2.25. The lowest BCUT2D eigenvalue weighted by Gasteiger charge is -2.25. The number of anilines is 1. The summed E-state index contributed by atoms with van der Waals surface area (Å²) in [7, 11) is 1.64. The van der Waals surface area contributed by atoms with Crippen LogP contribution in [0.5, 0.6) is 5.75 Å². The van der Waals surface area contributed by atoms with Crippen LogP contribution in [0.15, 0.2) is 48.7 Å². The molecule has 6 heteroatoms. The number of carbonyl (C=O) groups excluding carboxylic acids is 1. The third-order valence-corrected chi connectivity index (χ3v) is 5.21. The second-order valence-electron chi connectivity index (χ2n) is 6.29. The zero-order chi connectivity index (χ0) is 18.3. The molecule has 0 radical (unpaired) electrons. The molecule has 26 heavy (non-hydrogen) atoms. The van der Waals surface area contributed by atoms with Crippen LogP contribution in [0.25, 0.3) is 5.69 Å². The highest BCUT2D eigenvalue weighted by molar-refractivity contribution is 6.31. The molecule has 0 aliphatic carbocycles. The largest absolute Gasteiger partial charge is 0.496 e. The number of para-hydroxylation sites is 1. The Hall–Kier alpha value is -2.79. The number of benzene rings is 2. The van der Waals surface area contributed by atoms with Crippen LogP contribution < -0.4 is 10.1 Å². The average molecular weight is 368 g/mol. The third kappa shape index (κ3) is 2.65. The van der Waals surface area contributed by atoms with Crippen LogP contribution in [0.3, 0.4) is 0 Å². The summed E-state index contributed by atoms with van der Waals surface area (Å²) >= 11 is 6.26. The molecule has 0 saturated heterocycles. The van der Waals surface area contributed by atoms with E-state index in [1.807, 2.05) is 55.6 Å². The van der Waals surface area contributed by atoms with Crippen molar-refractivity contribution in [3.8, 4) is 11.4 Å². The number of nitrogens with one attached hydrogen (secondary N) is 1. The van der Waals surface area contributed by atoms with Gasteiger partial charge in [-0.25, -0.2) is 4.68 Å². The molecule has 0 unspecified atom stereocenters. The molecule has 0 bridgehead atoms. The van der Waals surface area contributed by atoms with Crippen molar-refractivity contribution in [3.05, 3.63) is 70.4 Å². The maximum atomic E-state index is 12.4. The number of hydrogen-bond donors (Lipinski definition) is 1. The fourth-order valence-electron chi connectivity index (χ4n) is 3.46. The van der Waals surface area contributed by atoms with Crippen LogP contribution >= 0.6 is 11.6 Å². The predicted molar refractivity (Wildman–Crippen MR) is 101 cm³/mol. The van der Waals surface area contributed by atoms with Gasteiger partial charge in [0.15, 0.2) is 0 Å². The first-order chi connectivity index (χ1) is 12.6. The number of aromatic nitrogens is 2. The fourth-order valence-corrected chi connectivity index (χ4v) is 3.63. The van der Waals surface area contributed by atoms with Gasteiger partial charge in [-0.05, 0) is 30.7 Å². The van der Waals surface area contributed by atoms with Crippen molar-refractivity contribution in [2.75, 3.05) is 12.4 Å². The Morgan fingerprint density at radius 1 is 1.19 bits per heavy atom. The van der Waals surface area contributed by atoms with E-state index in [0.29, 0.717) is 17.3 Å². The molecule has 0 fully saturated rings. The van der Waals surface area contributed by atoms with Gasteiger partial charge in [0.1, 0.15) is 11.6 Å². The van der Waals surface area contributed by atoms with Gasteiger partial charge in [-0.15, -0.1) is 0 Å². The number of hydrogen-bond acceptors (Lipinski definition) is 3. The first kappa shape index (κ1) is 16.7. The Balaban J connectivity index is 1.87. The van der Waals surface area contributed by atoms with E-state index in [9.17, 15) is 4.79 Å². The summed E-state index contributed by atoms with van der Waals surface area (Å²) in [5.74, 6) is 1.30. The SMILES string of the molecule is COc1ccccc1[C@H]1CC(=O)Nc2c1cnn2-c1cccc(Cl)c1C. The van der Waals surface area contributed by atoms with E-state index in [1.165, 1.54) is 0 Å². The molecule has 1 N–H and O–H groups in total. The van der Waals surface area contributed by atoms with Crippen molar-refractivity contribution >= 4 is 23.3 Å². The molecule has 2 heterocycles. The van der Waals surface area contributed by atoms with E-state index in [-0.39, 0.29) is 11.8 Å². The van der Waals surface area contributed by atoms with Crippen molar-refractivity contribution in [2.45, 2.75) is 19.3 Å². The van der Waals surface area contributed by atoms with Gasteiger partial charge in [0.05, 0.1) is 19.0 Å². The second kappa shape index (κ2) is 6.50. The Morgan fingerprint density at radius 3 is 2.81 bits per heavy atom. The maximum Gasteiger partial charge on any atom is 0.226 e. The van der Waals surface area contributed by atoms with E-state index >= 15 is 0 Å². The number of halogens is 1. The Labute approximate surface area is 156 Å². The number of methoxy groups -OCH3 is 1. The molecular formula is C20H18ClN3O2. The van der Waals surface area contributed by atoms with Gasteiger partial charge in [-0.3, -0.25) is 4.79 Å². The molecule has 4 rings (SSSR count). The number of amides is 1. The van der Waals surface area contributed by atoms with Gasteiger partial charge in [0.2, 0.25) is 5.91 Å². The molecule has 1 amide bonds. The molecule has 2 aromatic carbocycles. The van der Waals surface area contributed by atoms with Gasteiger partial charge >= 0.3 is 0 Å². The van der Waals surface area contributed by atoms with Gasteiger partial charge < -0.3 is 10.1 Å². The van der Waals surface area contributed by atoms with Crippen LogP contribution in [0.2, 0.25) is 5.02 Å². The number of ether oxygens (including phenoxy) is 1. The van der Waals surface area contributed by atoms with Crippen molar-refractivity contribution in [1.29, 1.82) is 0 Å². The fraction of sp³-hybridized carbons (Fsp3) is 0.200. The first-order valence-electron chi connectivity index (χ1n) is 8.36. The van der Waals surface area contributed by atoms with Gasteiger partial charge in [0, 0.05) is 28.5 Å². The quantitative estimate of drug-likeness (QED) is 0.750. The van der Waals surface area contributed by atoms with Crippen molar-refractivity contribution in [1.82, 2.24) is 9.78 Å². The Morgan fingerprint density at radius 2 is 2.00 bits per heavy atom. The summed E-state index contributed by atoms with van der Waals surface area (Å²) in [5, 5.41) is 8.17. The number of fused-ring (bicyclic) bond motifs is 1. The smallest absolute Gasteiger partial charge is 0.226 e. The molecule has 1 aromatic heterocycles. The van der Waals surface area contributed by atoms with Crippen LogP contribution in [0.4, 0.5) is 5.82 Å². The van der Waals surface area contributed by atoms with Gasteiger partial charge in [-0.2, -0.15) is 5.10 Å². The zero-order valence-electron chi connectivity index (χ0n) is 14.5. The van der Waals surface area contributed by atoms with Gasteiger partial charge in [-0.1, -0.05) is 35.9 Å². The summed E-state index contributed by atoms with van der Waals surface area (Å²) < 4.78 is 7.24. The highest BCUT2D eigenvalue weighted by Gasteiger charge is 2.32. The summed E-state index contributed by atoms with van der Waals surface area (Å²) in [6, 6.07) is 13.4. The minimum absolute atomic E-state index is 0.0464. The number of nitrogens with zero attached hydrogens (tertiary/aromatic N) is 2. The van der Waals surface area contributed by atoms with E-state index in [4.69, 9.17) is 16.3 Å². The number of carbonyl (C=O) groups is 1. The monoisotopic (exact) mass is 367 g/mol. The minimum atomic E-state index is -0.108. The van der Waals surface area contributed by atoms with E-state index in [1.54, 1.807) is 11.8 Å². The molecule has 0 saturated carbocycles. The first-order valence-corrected chi connectivity index (χ1v) is 8.74. The van der Waals surface area contributed by atoms with Crippen molar-refractivity contribution in [3.63, 3.8) is 0 Å². The summed E-state index contributed by atoms with van der Waals surface area (Å²) in [4.78, 5) is 12.4. The lowest BCUT2D eigenvalue weighted by molar-refractivity contribution is -0.116. The van der Waals surface area contributed by atoms with Crippen molar-refractivity contribution in [2.24, 2.45) is 0 Å². The zero-order valence-corrected chi connectivity index (χ0v) is 15.2. The van der Waals surface area contributed by atoms with Crippen LogP contribution in [-0.2, 0) is 4.79 Å². The lowest BCUT2D eigenvalue weighted by atomic mass is 9.87. The molecule has 132 valence electrons. The van der Waals surface area contributed by atoms with E-state index in [0.717, 1.165) is 28.1 Å². The highest BCUT2D eigenvalue weighted by Crippen LogP contribution is 2.41. The van der Waals surface area contributed by atoms with E-state index < -0.39 is 0 Å². The second-order valence-corrected chi connectivity index (χ2v) is 6.70. The molecule has 1 aliphatic heterocycles. The predicted octanol–water partition coefficient (Wildman–Crippen LogP) is 4.32. The van der Waals surface area contributed by atoms with Gasteiger partial charge in [0.25, 0.3) is 0 Å². The summed E-state index contributed by atoms with van der Waals surface area (Å²) in [5.41, 5.74) is 3.70. The van der Waals surface area contributed by atoms with Crippen LogP contribution in [-0.4, -0.2) is 22.8 Å². The molecule has 5 nitrogen and oxygen atoms in total. The summed E-state index contributed by atoms with van der Waals surface area (Å²) in [6.07, 6.45) is 2.17. The Bertz CT molecular complexity index is 996. The molecular weight excluding hydrogens is 350 g/mol. The maximum absolute atomic E-state index is 12.4. The number of rotatable bonds is 3. The third-order valence-electron chi connectivity index (χ3n) is 4.80. The van der Waals surface area contributed by atoms with Crippen LogP contribution in [0.1, 0.15) is 29.0 Å². The standard InChI is InChI=1S/C20H18ClN3O2/c1-12-16(21)7-5-8-17(12)24-20-15(11-22-24)14(10-19(25)23-20)13-6-3-4-9-18(13)26-2/h3-9,11,14H,10H2,1-2H3,(H,23,25)/t14-/m1/s1. The van der Waals surface area contributed by atoms with Crippen molar-refractivity contribution < 1.29 is 9.53 Å². The molecule has 1 atom stereocenters. The summed E-state index contributed by atoms with van der Waals surface area (Å²) in [6.45, 7) is 1.94.